The highest BCUT2D eigenvalue weighted by Crippen LogP contribution is 2.29. The van der Waals surface area contributed by atoms with Crippen LogP contribution in [0.1, 0.15) is 30.9 Å². The van der Waals surface area contributed by atoms with E-state index in [2.05, 4.69) is 18.6 Å². The van der Waals surface area contributed by atoms with Crippen LogP contribution in [0.2, 0.25) is 0 Å². The van der Waals surface area contributed by atoms with Crippen LogP contribution >= 0.6 is 11.8 Å². The van der Waals surface area contributed by atoms with Gasteiger partial charge in [-0.05, 0) is 54.5 Å². The lowest BCUT2D eigenvalue weighted by atomic mass is 9.99. The van der Waals surface area contributed by atoms with Gasteiger partial charge in [-0.1, -0.05) is 32.0 Å². The summed E-state index contributed by atoms with van der Waals surface area (Å²) in [5, 5.41) is 0. The number of hydrogen-bond acceptors (Lipinski definition) is 3. The molecule has 0 spiro atoms. The lowest BCUT2D eigenvalue weighted by Crippen LogP contribution is -2.15. The number of nitrogens with one attached hydrogen (secondary N) is 1. The van der Waals surface area contributed by atoms with Crippen LogP contribution in [-0.2, 0) is 10.0 Å². The molecule has 22 heavy (non-hydrogen) atoms. The smallest absolute Gasteiger partial charge is 0.261 e. The van der Waals surface area contributed by atoms with E-state index in [1.807, 2.05) is 43.5 Å². The minimum atomic E-state index is -3.58. The fraction of sp³-hybridized carbons (Fsp3) is 0.294. The third-order valence-electron chi connectivity index (χ3n) is 3.53. The van der Waals surface area contributed by atoms with Crippen LogP contribution in [0.3, 0.4) is 0 Å². The SMILES string of the molecule is CSc1ccc(S(=O)(=O)Nc2c(C)cccc2C(C)C)cc1. The Bertz CT molecular complexity index is 751. The summed E-state index contributed by atoms with van der Waals surface area (Å²) < 4.78 is 28.0. The minimum Gasteiger partial charge on any atom is -0.279 e. The zero-order valence-corrected chi connectivity index (χ0v) is 14.9. The second kappa shape index (κ2) is 6.75. The monoisotopic (exact) mass is 335 g/mol. The summed E-state index contributed by atoms with van der Waals surface area (Å²) in [6.45, 7) is 6.03. The molecule has 2 rings (SSSR count). The Morgan fingerprint density at radius 3 is 2.23 bits per heavy atom. The lowest BCUT2D eigenvalue weighted by molar-refractivity contribution is 0.601. The van der Waals surface area contributed by atoms with Gasteiger partial charge in [0.1, 0.15) is 0 Å². The first-order chi connectivity index (χ1) is 10.3. The summed E-state index contributed by atoms with van der Waals surface area (Å²) in [7, 11) is -3.58. The Morgan fingerprint density at radius 1 is 1.05 bits per heavy atom. The topological polar surface area (TPSA) is 46.2 Å². The molecule has 0 radical (unpaired) electrons. The van der Waals surface area contributed by atoms with E-state index in [-0.39, 0.29) is 10.8 Å². The van der Waals surface area contributed by atoms with Crippen molar-refractivity contribution < 1.29 is 8.42 Å². The van der Waals surface area contributed by atoms with Gasteiger partial charge in [-0.25, -0.2) is 8.42 Å². The van der Waals surface area contributed by atoms with Crippen molar-refractivity contribution >= 4 is 27.5 Å². The first kappa shape index (κ1) is 16.9. The summed E-state index contributed by atoms with van der Waals surface area (Å²) >= 11 is 1.59. The van der Waals surface area contributed by atoms with Gasteiger partial charge in [0, 0.05) is 4.90 Å². The van der Waals surface area contributed by atoms with Crippen LogP contribution in [0.5, 0.6) is 0 Å². The van der Waals surface area contributed by atoms with Gasteiger partial charge in [-0.15, -0.1) is 11.8 Å². The standard InChI is InChI=1S/C17H21NO2S2/c1-12(2)16-7-5-6-13(3)17(16)18-22(19,20)15-10-8-14(21-4)9-11-15/h5-12,18H,1-4H3. The van der Waals surface area contributed by atoms with Gasteiger partial charge in [-0.2, -0.15) is 0 Å². The molecule has 5 heteroatoms. The van der Waals surface area contributed by atoms with Gasteiger partial charge < -0.3 is 0 Å². The molecular weight excluding hydrogens is 314 g/mol. The summed E-state index contributed by atoms with van der Waals surface area (Å²) in [4.78, 5) is 1.32. The number of rotatable bonds is 5. The van der Waals surface area contributed by atoms with Crippen molar-refractivity contribution in [2.75, 3.05) is 11.0 Å². The maximum absolute atomic E-state index is 12.6. The first-order valence-corrected chi connectivity index (χ1v) is 9.82. The van der Waals surface area contributed by atoms with Gasteiger partial charge in [0.05, 0.1) is 10.6 Å². The lowest BCUT2D eigenvalue weighted by Gasteiger charge is -2.17. The maximum atomic E-state index is 12.6. The van der Waals surface area contributed by atoms with E-state index in [1.165, 1.54) is 0 Å². The van der Waals surface area contributed by atoms with Gasteiger partial charge in [0.25, 0.3) is 10.0 Å². The highest BCUT2D eigenvalue weighted by molar-refractivity contribution is 7.98. The largest absolute Gasteiger partial charge is 0.279 e. The molecule has 0 heterocycles. The fourth-order valence-electron chi connectivity index (χ4n) is 2.26. The average Bonchev–Trinajstić information content (AvgIpc) is 2.49. The van der Waals surface area contributed by atoms with Crippen molar-refractivity contribution in [2.24, 2.45) is 0 Å². The van der Waals surface area contributed by atoms with Crippen molar-refractivity contribution in [1.82, 2.24) is 0 Å². The minimum absolute atomic E-state index is 0.247. The second-order valence-electron chi connectivity index (χ2n) is 5.47. The molecule has 0 aliphatic carbocycles. The van der Waals surface area contributed by atoms with E-state index < -0.39 is 10.0 Å². The molecule has 0 aliphatic rings. The number of para-hydroxylation sites is 1. The van der Waals surface area contributed by atoms with E-state index >= 15 is 0 Å². The van der Waals surface area contributed by atoms with E-state index in [1.54, 1.807) is 23.9 Å². The van der Waals surface area contributed by atoms with Crippen LogP contribution in [0.15, 0.2) is 52.3 Å². The van der Waals surface area contributed by atoms with Gasteiger partial charge in [0.2, 0.25) is 0 Å². The highest BCUT2D eigenvalue weighted by atomic mass is 32.2. The Kier molecular flexibility index (Phi) is 5.19. The molecule has 0 amide bonds. The number of anilines is 1. The van der Waals surface area contributed by atoms with Crippen molar-refractivity contribution in [3.63, 3.8) is 0 Å². The number of benzene rings is 2. The van der Waals surface area contributed by atoms with Gasteiger partial charge >= 0.3 is 0 Å². The summed E-state index contributed by atoms with van der Waals surface area (Å²) in [6.07, 6.45) is 1.96. The summed E-state index contributed by atoms with van der Waals surface area (Å²) in [5.41, 5.74) is 2.62. The fourth-order valence-corrected chi connectivity index (χ4v) is 3.83. The van der Waals surface area contributed by atoms with E-state index in [9.17, 15) is 8.42 Å². The summed E-state index contributed by atoms with van der Waals surface area (Å²) in [6, 6.07) is 12.8. The Morgan fingerprint density at radius 2 is 1.68 bits per heavy atom. The average molecular weight is 335 g/mol. The molecule has 3 nitrogen and oxygen atoms in total. The van der Waals surface area contributed by atoms with Crippen LogP contribution in [-0.4, -0.2) is 14.7 Å². The molecule has 118 valence electrons. The predicted octanol–water partition coefficient (Wildman–Crippen LogP) is 4.64. The zero-order valence-electron chi connectivity index (χ0n) is 13.3. The molecule has 0 saturated carbocycles. The van der Waals surface area contributed by atoms with Crippen molar-refractivity contribution in [3.8, 4) is 0 Å². The molecule has 0 saturated heterocycles. The molecule has 0 aromatic heterocycles. The van der Waals surface area contributed by atoms with Gasteiger partial charge in [0.15, 0.2) is 0 Å². The molecule has 2 aromatic carbocycles. The molecule has 0 bridgehead atoms. The molecule has 0 unspecified atom stereocenters. The number of thioether (sulfide) groups is 1. The second-order valence-corrected chi connectivity index (χ2v) is 8.04. The van der Waals surface area contributed by atoms with E-state index in [4.69, 9.17) is 0 Å². The van der Waals surface area contributed by atoms with E-state index in [0.29, 0.717) is 5.69 Å². The third kappa shape index (κ3) is 3.65. The highest BCUT2D eigenvalue weighted by Gasteiger charge is 2.18. The summed E-state index contributed by atoms with van der Waals surface area (Å²) in [5.74, 6) is 0.247. The van der Waals surface area contributed by atoms with Gasteiger partial charge in [-0.3, -0.25) is 4.72 Å². The Hall–Kier alpha value is -1.46. The third-order valence-corrected chi connectivity index (χ3v) is 5.64. The molecule has 0 aliphatic heterocycles. The van der Waals surface area contributed by atoms with Crippen molar-refractivity contribution in [1.29, 1.82) is 0 Å². The normalized spacial score (nSPS) is 11.7. The van der Waals surface area contributed by atoms with Crippen LogP contribution in [0.25, 0.3) is 0 Å². The zero-order chi connectivity index (χ0) is 16.3. The van der Waals surface area contributed by atoms with Crippen LogP contribution < -0.4 is 4.72 Å². The molecular formula is C17H21NO2S2. The molecule has 1 N–H and O–H groups in total. The van der Waals surface area contributed by atoms with Crippen molar-refractivity contribution in [2.45, 2.75) is 36.5 Å². The van der Waals surface area contributed by atoms with Crippen LogP contribution in [0.4, 0.5) is 5.69 Å². The Balaban J connectivity index is 2.40. The van der Waals surface area contributed by atoms with Crippen LogP contribution in [0, 0.1) is 6.92 Å². The number of hydrogen-bond donors (Lipinski definition) is 1. The van der Waals surface area contributed by atoms with E-state index in [0.717, 1.165) is 16.0 Å². The maximum Gasteiger partial charge on any atom is 0.261 e. The predicted molar refractivity (Wildman–Crippen MR) is 94.3 cm³/mol. The molecule has 2 aromatic rings. The Labute approximate surface area is 137 Å². The number of aryl methyl sites for hydroxylation is 1. The quantitative estimate of drug-likeness (QED) is 0.810. The first-order valence-electron chi connectivity index (χ1n) is 7.11. The molecule has 0 atom stereocenters. The molecule has 0 fully saturated rings. The number of sulfonamides is 1. The van der Waals surface area contributed by atoms with Crippen molar-refractivity contribution in [3.05, 3.63) is 53.6 Å².